The highest BCUT2D eigenvalue weighted by Crippen LogP contribution is 2.24. The van der Waals surface area contributed by atoms with Gasteiger partial charge in [0, 0.05) is 24.7 Å². The van der Waals surface area contributed by atoms with Gasteiger partial charge in [-0.05, 0) is 37.1 Å². The molecule has 8 nitrogen and oxygen atoms in total. The van der Waals surface area contributed by atoms with Crippen molar-refractivity contribution in [1.29, 1.82) is 0 Å². The summed E-state index contributed by atoms with van der Waals surface area (Å²) in [7, 11) is -3.81. The lowest BCUT2D eigenvalue weighted by Gasteiger charge is -2.31. The van der Waals surface area contributed by atoms with Crippen LogP contribution in [0.5, 0.6) is 0 Å². The van der Waals surface area contributed by atoms with E-state index in [-0.39, 0.29) is 30.4 Å². The summed E-state index contributed by atoms with van der Waals surface area (Å²) in [6, 6.07) is 4.58. The van der Waals surface area contributed by atoms with E-state index in [2.05, 4.69) is 15.6 Å². The second-order valence-electron chi connectivity index (χ2n) is 6.26. The van der Waals surface area contributed by atoms with Crippen LogP contribution in [-0.2, 0) is 19.6 Å². The molecule has 11 heteroatoms. The third kappa shape index (κ3) is 4.91. The van der Waals surface area contributed by atoms with Crippen LogP contribution < -0.4 is 10.6 Å². The Morgan fingerprint density at radius 2 is 2.04 bits per heavy atom. The maximum absolute atomic E-state index is 13.1. The highest BCUT2D eigenvalue weighted by Gasteiger charge is 2.33. The van der Waals surface area contributed by atoms with Crippen molar-refractivity contribution in [2.75, 3.05) is 25.0 Å². The predicted molar refractivity (Wildman–Crippen MR) is 102 cm³/mol. The fourth-order valence-corrected chi connectivity index (χ4v) is 4.96. The molecule has 2 heterocycles. The van der Waals surface area contributed by atoms with Crippen molar-refractivity contribution in [2.45, 2.75) is 17.7 Å². The summed E-state index contributed by atoms with van der Waals surface area (Å²) in [6.45, 7) is 0.0767. The number of rotatable bonds is 6. The van der Waals surface area contributed by atoms with E-state index in [0.717, 1.165) is 12.1 Å². The summed E-state index contributed by atoms with van der Waals surface area (Å²) in [4.78, 5) is 28.1. The number of nitrogens with zero attached hydrogens (tertiary/aromatic N) is 2. The van der Waals surface area contributed by atoms with Crippen LogP contribution >= 0.6 is 11.3 Å². The molecule has 0 aliphatic carbocycles. The van der Waals surface area contributed by atoms with E-state index in [9.17, 15) is 22.4 Å². The van der Waals surface area contributed by atoms with Crippen molar-refractivity contribution in [3.63, 3.8) is 0 Å². The van der Waals surface area contributed by atoms with E-state index in [4.69, 9.17) is 0 Å². The lowest BCUT2D eigenvalue weighted by Crippen LogP contribution is -2.46. The maximum Gasteiger partial charge on any atom is 0.245 e. The van der Waals surface area contributed by atoms with E-state index < -0.39 is 27.7 Å². The lowest BCUT2D eigenvalue weighted by atomic mass is 9.99. The largest absolute Gasteiger partial charge is 0.347 e. The minimum absolute atomic E-state index is 0.0135. The highest BCUT2D eigenvalue weighted by molar-refractivity contribution is 7.89. The second-order valence-corrected chi connectivity index (χ2v) is 9.09. The first-order valence-corrected chi connectivity index (χ1v) is 10.9. The molecule has 1 fully saturated rings. The molecule has 1 aliphatic heterocycles. The molecule has 0 spiro atoms. The first kappa shape index (κ1) is 20.4. The molecule has 2 amide bonds. The standard InChI is InChI=1S/C17H19FN4O4S2/c18-13-3-5-14(6-4-13)28(25,26)22-8-1-2-12(11-22)16(24)20-10-15(23)21-17-19-7-9-27-17/h3-7,9,12H,1-2,8,10-11H2,(H,20,24)(H,19,21,23). The summed E-state index contributed by atoms with van der Waals surface area (Å²) < 4.78 is 39.7. The summed E-state index contributed by atoms with van der Waals surface area (Å²) in [5.74, 6) is -1.87. The number of aromatic nitrogens is 1. The number of anilines is 1. The summed E-state index contributed by atoms with van der Waals surface area (Å²) in [5.41, 5.74) is 0. The normalized spacial score (nSPS) is 17.8. The van der Waals surface area contributed by atoms with E-state index in [1.165, 1.54) is 27.8 Å². The average Bonchev–Trinajstić information content (AvgIpc) is 3.19. The Kier molecular flexibility index (Phi) is 6.37. The fourth-order valence-electron chi connectivity index (χ4n) is 2.89. The van der Waals surface area contributed by atoms with Crippen LogP contribution in [0.1, 0.15) is 12.8 Å². The van der Waals surface area contributed by atoms with E-state index in [1.807, 2.05) is 0 Å². The van der Waals surface area contributed by atoms with Crippen LogP contribution in [0, 0.1) is 11.7 Å². The van der Waals surface area contributed by atoms with Crippen molar-refractivity contribution in [1.82, 2.24) is 14.6 Å². The van der Waals surface area contributed by atoms with Crippen LogP contribution in [-0.4, -0.2) is 49.2 Å². The van der Waals surface area contributed by atoms with Crippen molar-refractivity contribution in [2.24, 2.45) is 5.92 Å². The van der Waals surface area contributed by atoms with Crippen molar-refractivity contribution >= 4 is 38.3 Å². The number of nitrogens with one attached hydrogen (secondary N) is 2. The number of piperidine rings is 1. The summed E-state index contributed by atoms with van der Waals surface area (Å²) in [6.07, 6.45) is 2.59. The molecule has 0 saturated carbocycles. The molecule has 2 aromatic rings. The molecule has 28 heavy (non-hydrogen) atoms. The van der Waals surface area contributed by atoms with Gasteiger partial charge in [-0.2, -0.15) is 4.31 Å². The minimum atomic E-state index is -3.81. The first-order valence-electron chi connectivity index (χ1n) is 8.59. The molecule has 1 aromatic carbocycles. The number of carbonyl (C=O) groups excluding carboxylic acids is 2. The molecular formula is C17H19FN4O4S2. The monoisotopic (exact) mass is 426 g/mol. The molecule has 1 atom stereocenters. The van der Waals surface area contributed by atoms with E-state index in [0.29, 0.717) is 18.0 Å². The Morgan fingerprint density at radius 3 is 2.71 bits per heavy atom. The van der Waals surface area contributed by atoms with Gasteiger partial charge >= 0.3 is 0 Å². The Balaban J connectivity index is 1.57. The van der Waals surface area contributed by atoms with Gasteiger partial charge in [0.05, 0.1) is 17.4 Å². The number of hydrogen-bond donors (Lipinski definition) is 2. The third-order valence-corrected chi connectivity index (χ3v) is 6.88. The number of benzene rings is 1. The van der Waals surface area contributed by atoms with Crippen molar-refractivity contribution in [3.8, 4) is 0 Å². The molecule has 1 aromatic heterocycles. The number of thiazole rings is 1. The van der Waals surface area contributed by atoms with Gasteiger partial charge < -0.3 is 10.6 Å². The minimum Gasteiger partial charge on any atom is -0.347 e. The first-order chi connectivity index (χ1) is 13.4. The Bertz CT molecular complexity index is 933. The Morgan fingerprint density at radius 1 is 1.29 bits per heavy atom. The zero-order chi connectivity index (χ0) is 20.1. The molecule has 0 radical (unpaired) electrons. The average molecular weight is 426 g/mol. The quantitative estimate of drug-likeness (QED) is 0.727. The zero-order valence-corrected chi connectivity index (χ0v) is 16.4. The topological polar surface area (TPSA) is 108 Å². The van der Waals surface area contributed by atoms with Gasteiger partial charge in [-0.25, -0.2) is 17.8 Å². The number of sulfonamides is 1. The fraction of sp³-hybridized carbons (Fsp3) is 0.353. The SMILES string of the molecule is O=C(CNC(=O)C1CCCN(S(=O)(=O)c2ccc(F)cc2)C1)Nc1nccs1. The Labute approximate surface area is 165 Å². The second kappa shape index (κ2) is 8.76. The van der Waals surface area contributed by atoms with Crippen LogP contribution in [0.4, 0.5) is 9.52 Å². The lowest BCUT2D eigenvalue weighted by molar-refractivity contribution is -0.128. The van der Waals surface area contributed by atoms with Gasteiger partial charge in [0.2, 0.25) is 21.8 Å². The highest BCUT2D eigenvalue weighted by atomic mass is 32.2. The van der Waals surface area contributed by atoms with Crippen molar-refractivity contribution < 1.29 is 22.4 Å². The molecule has 150 valence electrons. The molecule has 0 bridgehead atoms. The van der Waals surface area contributed by atoms with E-state index >= 15 is 0 Å². The van der Waals surface area contributed by atoms with Gasteiger partial charge in [0.1, 0.15) is 5.82 Å². The third-order valence-electron chi connectivity index (χ3n) is 4.31. The molecule has 1 saturated heterocycles. The van der Waals surface area contributed by atoms with E-state index in [1.54, 1.807) is 11.6 Å². The number of amides is 2. The maximum atomic E-state index is 13.1. The number of halogens is 1. The van der Waals surface area contributed by atoms with Gasteiger partial charge in [0.15, 0.2) is 5.13 Å². The summed E-state index contributed by atoms with van der Waals surface area (Å²) >= 11 is 1.26. The molecule has 2 N–H and O–H groups in total. The smallest absolute Gasteiger partial charge is 0.245 e. The zero-order valence-electron chi connectivity index (χ0n) is 14.8. The molecule has 1 unspecified atom stereocenters. The van der Waals surface area contributed by atoms with Crippen LogP contribution in [0.2, 0.25) is 0 Å². The Hall–Kier alpha value is -2.37. The van der Waals surface area contributed by atoms with Gasteiger partial charge in [0.25, 0.3) is 0 Å². The van der Waals surface area contributed by atoms with Gasteiger partial charge in [-0.1, -0.05) is 0 Å². The molecular weight excluding hydrogens is 407 g/mol. The van der Waals surface area contributed by atoms with Crippen LogP contribution in [0.3, 0.4) is 0 Å². The molecule has 3 rings (SSSR count). The van der Waals surface area contributed by atoms with Gasteiger partial charge in [-0.3, -0.25) is 9.59 Å². The number of hydrogen-bond acceptors (Lipinski definition) is 6. The van der Waals surface area contributed by atoms with Crippen LogP contribution in [0.25, 0.3) is 0 Å². The number of carbonyl (C=O) groups is 2. The van der Waals surface area contributed by atoms with Gasteiger partial charge in [-0.15, -0.1) is 11.3 Å². The molecule has 1 aliphatic rings. The summed E-state index contributed by atoms with van der Waals surface area (Å²) in [5, 5.41) is 7.25. The van der Waals surface area contributed by atoms with Crippen molar-refractivity contribution in [3.05, 3.63) is 41.7 Å². The van der Waals surface area contributed by atoms with Crippen LogP contribution in [0.15, 0.2) is 40.7 Å². The predicted octanol–water partition coefficient (Wildman–Crippen LogP) is 1.44.